The highest BCUT2D eigenvalue weighted by Crippen LogP contribution is 2.27. The minimum atomic E-state index is -0.250. The van der Waals surface area contributed by atoms with E-state index in [0.717, 1.165) is 22.0 Å². The molecule has 0 saturated heterocycles. The minimum Gasteiger partial charge on any atom is -0.495 e. The second-order valence-electron chi connectivity index (χ2n) is 5.89. The first-order valence-electron chi connectivity index (χ1n) is 8.50. The van der Waals surface area contributed by atoms with Crippen LogP contribution in [0.15, 0.2) is 53.9 Å². The zero-order chi connectivity index (χ0) is 19.9. The topological polar surface area (TPSA) is 60.5 Å². The predicted molar refractivity (Wildman–Crippen MR) is 113 cm³/mol. The third-order valence-electron chi connectivity index (χ3n) is 3.78. The molecule has 0 radical (unpaired) electrons. The van der Waals surface area contributed by atoms with Crippen molar-refractivity contribution in [3.63, 3.8) is 0 Å². The zero-order valence-corrected chi connectivity index (χ0v) is 17.0. The third-order valence-corrected chi connectivity index (χ3v) is 4.90. The number of hydrogen-bond donors (Lipinski definition) is 1. The Morgan fingerprint density at radius 2 is 2.04 bits per heavy atom. The molecule has 0 aliphatic rings. The number of rotatable bonds is 7. The quantitative estimate of drug-likeness (QED) is 0.530. The van der Waals surface area contributed by atoms with Crippen LogP contribution in [0.2, 0.25) is 5.02 Å². The summed E-state index contributed by atoms with van der Waals surface area (Å²) in [7, 11) is 1.54. The lowest BCUT2D eigenvalue weighted by atomic mass is 10.2. The van der Waals surface area contributed by atoms with Crippen molar-refractivity contribution in [2.45, 2.75) is 13.5 Å². The Morgan fingerprint density at radius 3 is 2.68 bits per heavy atom. The van der Waals surface area contributed by atoms with Gasteiger partial charge in [-0.15, -0.1) is 11.3 Å². The van der Waals surface area contributed by atoms with Crippen LogP contribution in [0, 0.1) is 6.92 Å². The van der Waals surface area contributed by atoms with Crippen molar-refractivity contribution in [1.29, 1.82) is 0 Å². The molecule has 7 heteroatoms. The van der Waals surface area contributed by atoms with E-state index in [1.165, 1.54) is 6.08 Å². The summed E-state index contributed by atoms with van der Waals surface area (Å²) in [5.74, 6) is 1.06. The minimum absolute atomic E-state index is 0.250. The monoisotopic (exact) mass is 414 g/mol. The number of ether oxygens (including phenoxy) is 2. The van der Waals surface area contributed by atoms with Crippen molar-refractivity contribution >= 4 is 40.6 Å². The molecule has 0 fully saturated rings. The Bertz CT molecular complexity index is 984. The van der Waals surface area contributed by atoms with Crippen LogP contribution in [0.1, 0.15) is 16.3 Å². The van der Waals surface area contributed by atoms with Gasteiger partial charge >= 0.3 is 0 Å². The number of benzene rings is 2. The fraction of sp³-hybridized carbons (Fsp3) is 0.143. The highest BCUT2D eigenvalue weighted by atomic mass is 35.5. The predicted octanol–water partition coefficient (Wildman–Crippen LogP) is 5.34. The molecule has 1 aromatic heterocycles. The molecule has 0 atom stereocenters. The van der Waals surface area contributed by atoms with Crippen LogP contribution in [0.25, 0.3) is 6.08 Å². The molecule has 1 N–H and O–H groups in total. The zero-order valence-electron chi connectivity index (χ0n) is 15.4. The second kappa shape index (κ2) is 9.39. The van der Waals surface area contributed by atoms with Crippen LogP contribution in [-0.4, -0.2) is 18.0 Å². The van der Waals surface area contributed by atoms with E-state index in [1.807, 2.05) is 36.6 Å². The van der Waals surface area contributed by atoms with Crippen molar-refractivity contribution in [3.8, 4) is 11.5 Å². The lowest BCUT2D eigenvalue weighted by Gasteiger charge is -2.06. The van der Waals surface area contributed by atoms with Gasteiger partial charge in [0.15, 0.2) is 0 Å². The summed E-state index contributed by atoms with van der Waals surface area (Å²) >= 11 is 7.66. The average Bonchev–Trinajstić information content (AvgIpc) is 3.11. The summed E-state index contributed by atoms with van der Waals surface area (Å²) in [4.78, 5) is 16.4. The number of nitrogens with one attached hydrogen (secondary N) is 1. The fourth-order valence-corrected chi connectivity index (χ4v) is 3.26. The number of amides is 1. The number of anilines is 1. The molecule has 0 aliphatic heterocycles. The standard InChI is InChI=1S/C21H19ClN2O3S/c1-14-23-17(13-28-14)12-27-18-7-3-15(4-8-18)5-10-21(25)24-16-6-9-20(26-2)19(22)11-16/h3-11,13H,12H2,1-2H3,(H,24,25)/b10-5+. The molecular weight excluding hydrogens is 396 g/mol. The Morgan fingerprint density at radius 1 is 1.25 bits per heavy atom. The molecule has 144 valence electrons. The van der Waals surface area contributed by atoms with Gasteiger partial charge in [-0.3, -0.25) is 4.79 Å². The van der Waals surface area contributed by atoms with Gasteiger partial charge < -0.3 is 14.8 Å². The molecule has 1 amide bonds. The highest BCUT2D eigenvalue weighted by Gasteiger charge is 2.04. The summed E-state index contributed by atoms with van der Waals surface area (Å²) in [6.07, 6.45) is 3.19. The molecule has 2 aromatic carbocycles. The molecule has 28 heavy (non-hydrogen) atoms. The van der Waals surface area contributed by atoms with Gasteiger partial charge in [0.1, 0.15) is 18.1 Å². The highest BCUT2D eigenvalue weighted by molar-refractivity contribution is 7.09. The first-order chi connectivity index (χ1) is 13.5. The number of nitrogens with zero attached hydrogens (tertiary/aromatic N) is 1. The molecule has 3 rings (SSSR count). The maximum Gasteiger partial charge on any atom is 0.248 e. The van der Waals surface area contributed by atoms with Gasteiger partial charge in [0.25, 0.3) is 0 Å². The van der Waals surface area contributed by atoms with Crippen molar-refractivity contribution in [2.75, 3.05) is 12.4 Å². The van der Waals surface area contributed by atoms with Gasteiger partial charge in [0.2, 0.25) is 5.91 Å². The number of halogens is 1. The fourth-order valence-electron chi connectivity index (χ4n) is 2.41. The molecule has 1 heterocycles. The molecular formula is C21H19ClN2O3S. The molecule has 0 spiro atoms. The van der Waals surface area contributed by atoms with Crippen LogP contribution >= 0.6 is 22.9 Å². The van der Waals surface area contributed by atoms with E-state index in [4.69, 9.17) is 21.1 Å². The largest absolute Gasteiger partial charge is 0.495 e. The van der Waals surface area contributed by atoms with E-state index in [0.29, 0.717) is 23.1 Å². The average molecular weight is 415 g/mol. The molecule has 0 aliphatic carbocycles. The van der Waals surface area contributed by atoms with Crippen molar-refractivity contribution in [1.82, 2.24) is 4.98 Å². The molecule has 3 aromatic rings. The maximum absolute atomic E-state index is 12.1. The number of carbonyl (C=O) groups excluding carboxylic acids is 1. The summed E-state index contributed by atoms with van der Waals surface area (Å²) in [5, 5.41) is 6.21. The van der Waals surface area contributed by atoms with Crippen LogP contribution < -0.4 is 14.8 Å². The lowest BCUT2D eigenvalue weighted by Crippen LogP contribution is -2.07. The van der Waals surface area contributed by atoms with E-state index < -0.39 is 0 Å². The number of aryl methyl sites for hydroxylation is 1. The van der Waals surface area contributed by atoms with Crippen molar-refractivity contribution in [3.05, 3.63) is 75.2 Å². The van der Waals surface area contributed by atoms with Gasteiger partial charge in [-0.25, -0.2) is 4.98 Å². The van der Waals surface area contributed by atoms with Crippen LogP contribution in [0.3, 0.4) is 0 Å². The number of aromatic nitrogens is 1. The maximum atomic E-state index is 12.1. The SMILES string of the molecule is COc1ccc(NC(=O)/C=C/c2ccc(OCc3csc(C)n3)cc2)cc1Cl. The lowest BCUT2D eigenvalue weighted by molar-refractivity contribution is -0.111. The van der Waals surface area contributed by atoms with Crippen LogP contribution in [-0.2, 0) is 11.4 Å². The molecule has 0 unspecified atom stereocenters. The normalized spacial score (nSPS) is 10.8. The van der Waals surface area contributed by atoms with Crippen molar-refractivity contribution < 1.29 is 14.3 Å². The molecule has 0 bridgehead atoms. The Kier molecular flexibility index (Phi) is 6.68. The first-order valence-corrected chi connectivity index (χ1v) is 9.76. The van der Waals surface area contributed by atoms with E-state index in [9.17, 15) is 4.79 Å². The van der Waals surface area contributed by atoms with Gasteiger partial charge in [-0.2, -0.15) is 0 Å². The van der Waals surface area contributed by atoms with E-state index in [-0.39, 0.29) is 5.91 Å². The number of thiazole rings is 1. The van der Waals surface area contributed by atoms with Crippen LogP contribution in [0.5, 0.6) is 11.5 Å². The summed E-state index contributed by atoms with van der Waals surface area (Å²) in [6.45, 7) is 2.40. The smallest absolute Gasteiger partial charge is 0.248 e. The first kappa shape index (κ1) is 19.9. The van der Waals surface area contributed by atoms with Gasteiger partial charge in [0.05, 0.1) is 22.8 Å². The van der Waals surface area contributed by atoms with Gasteiger partial charge in [-0.1, -0.05) is 23.7 Å². The van der Waals surface area contributed by atoms with Crippen molar-refractivity contribution in [2.24, 2.45) is 0 Å². The number of methoxy groups -OCH3 is 1. The summed E-state index contributed by atoms with van der Waals surface area (Å²) in [5.41, 5.74) is 2.41. The number of carbonyl (C=O) groups is 1. The van der Waals surface area contributed by atoms with E-state index >= 15 is 0 Å². The van der Waals surface area contributed by atoms with E-state index in [2.05, 4.69) is 10.3 Å². The second-order valence-corrected chi connectivity index (χ2v) is 7.36. The third kappa shape index (κ3) is 5.58. The van der Waals surface area contributed by atoms with E-state index in [1.54, 1.807) is 42.7 Å². The number of hydrogen-bond acceptors (Lipinski definition) is 5. The van der Waals surface area contributed by atoms with Crippen LogP contribution in [0.4, 0.5) is 5.69 Å². The molecule has 5 nitrogen and oxygen atoms in total. The van der Waals surface area contributed by atoms with Gasteiger partial charge in [0, 0.05) is 17.1 Å². The summed E-state index contributed by atoms with van der Waals surface area (Å²) < 4.78 is 10.8. The van der Waals surface area contributed by atoms with Gasteiger partial charge in [-0.05, 0) is 48.9 Å². The molecule has 0 saturated carbocycles. The Hall–Kier alpha value is -2.83. The Balaban J connectivity index is 1.53. The summed E-state index contributed by atoms with van der Waals surface area (Å²) in [6, 6.07) is 12.6. The Labute approximate surface area is 172 Å².